The van der Waals surface area contributed by atoms with Gasteiger partial charge in [-0.05, 0) is 96.3 Å². The smallest absolute Gasteiger partial charge is 0.306 e. The van der Waals surface area contributed by atoms with Crippen LogP contribution >= 0.6 is 0 Å². The molecule has 0 aromatic heterocycles. The maximum Gasteiger partial charge on any atom is 0.306 e. The van der Waals surface area contributed by atoms with Crippen molar-refractivity contribution in [2.75, 3.05) is 13.2 Å². The summed E-state index contributed by atoms with van der Waals surface area (Å²) in [5.41, 5.74) is 0. The molecule has 0 saturated carbocycles. The number of carbonyl (C=O) groups is 3. The molecule has 1 atom stereocenters. The summed E-state index contributed by atoms with van der Waals surface area (Å²) in [6.45, 7) is 6.52. The monoisotopic (exact) mass is 1020 g/mol. The molecule has 0 aliphatic rings. The Bertz CT molecular complexity index is 1400. The van der Waals surface area contributed by atoms with Crippen LogP contribution < -0.4 is 0 Å². The van der Waals surface area contributed by atoms with Crippen molar-refractivity contribution >= 4 is 17.9 Å². The fraction of sp³-hybridized carbons (Fsp3) is 0.746. The van der Waals surface area contributed by atoms with E-state index in [0.717, 1.165) is 109 Å². The van der Waals surface area contributed by atoms with Crippen molar-refractivity contribution in [1.29, 1.82) is 0 Å². The largest absolute Gasteiger partial charge is 0.462 e. The number of allylic oxidation sites excluding steroid dienone is 14. The minimum absolute atomic E-state index is 0.0778. The van der Waals surface area contributed by atoms with Crippen LogP contribution in [0.3, 0.4) is 0 Å². The van der Waals surface area contributed by atoms with Crippen molar-refractivity contribution in [2.24, 2.45) is 0 Å². The first-order valence-corrected chi connectivity index (χ1v) is 31.1. The Labute approximate surface area is 452 Å². The molecule has 0 aromatic rings. The zero-order chi connectivity index (χ0) is 52.9. The maximum absolute atomic E-state index is 12.9. The normalized spacial score (nSPS) is 12.6. The summed E-state index contributed by atoms with van der Waals surface area (Å²) < 4.78 is 16.9. The van der Waals surface area contributed by atoms with Gasteiger partial charge >= 0.3 is 17.9 Å². The van der Waals surface area contributed by atoms with Crippen LogP contribution in [0.15, 0.2) is 85.1 Å². The summed E-state index contributed by atoms with van der Waals surface area (Å²) in [4.78, 5) is 38.1. The molecule has 6 heteroatoms. The molecule has 0 aromatic carbocycles. The number of esters is 3. The van der Waals surface area contributed by atoms with Crippen LogP contribution in [0.5, 0.6) is 0 Å². The molecule has 0 saturated heterocycles. The van der Waals surface area contributed by atoms with E-state index in [9.17, 15) is 14.4 Å². The number of unbranched alkanes of at least 4 members (excludes halogenated alkanes) is 31. The summed E-state index contributed by atoms with van der Waals surface area (Å²) in [7, 11) is 0. The molecule has 6 nitrogen and oxygen atoms in total. The van der Waals surface area contributed by atoms with Crippen molar-refractivity contribution in [3.05, 3.63) is 85.1 Å². The van der Waals surface area contributed by atoms with Gasteiger partial charge < -0.3 is 14.2 Å². The minimum atomic E-state index is -0.780. The Kier molecular flexibility index (Phi) is 58.3. The molecule has 1 unspecified atom stereocenters. The van der Waals surface area contributed by atoms with Crippen LogP contribution in [0, 0.1) is 0 Å². The van der Waals surface area contributed by atoms with Gasteiger partial charge in [-0.15, -0.1) is 0 Å². The molecule has 0 fully saturated rings. The topological polar surface area (TPSA) is 78.9 Å². The third-order valence-electron chi connectivity index (χ3n) is 13.4. The zero-order valence-corrected chi connectivity index (χ0v) is 48.1. The molecule has 0 N–H and O–H groups in total. The lowest BCUT2D eigenvalue weighted by Crippen LogP contribution is -2.30. The summed E-state index contributed by atoms with van der Waals surface area (Å²) >= 11 is 0. The van der Waals surface area contributed by atoms with Gasteiger partial charge in [-0.1, -0.05) is 273 Å². The molecule has 0 amide bonds. The molecule has 0 radical (unpaired) electrons. The average Bonchev–Trinajstić information content (AvgIpc) is 3.39. The van der Waals surface area contributed by atoms with Gasteiger partial charge in [0.05, 0.1) is 0 Å². The van der Waals surface area contributed by atoms with E-state index in [0.29, 0.717) is 19.3 Å². The molecule has 0 aliphatic heterocycles. The third kappa shape index (κ3) is 59.3. The Hall–Kier alpha value is -3.41. The lowest BCUT2D eigenvalue weighted by atomic mass is 10.1. The molecule has 0 heterocycles. The van der Waals surface area contributed by atoms with Gasteiger partial charge in [0.15, 0.2) is 6.10 Å². The van der Waals surface area contributed by atoms with Crippen molar-refractivity contribution in [1.82, 2.24) is 0 Å². The van der Waals surface area contributed by atoms with Crippen LogP contribution in [0.1, 0.15) is 303 Å². The van der Waals surface area contributed by atoms with Gasteiger partial charge in [0.1, 0.15) is 13.2 Å². The van der Waals surface area contributed by atoms with E-state index in [-0.39, 0.29) is 31.1 Å². The zero-order valence-electron chi connectivity index (χ0n) is 48.1. The highest BCUT2D eigenvalue weighted by Crippen LogP contribution is 2.16. The average molecular weight is 1020 g/mol. The highest BCUT2D eigenvalue weighted by Gasteiger charge is 2.19. The summed E-state index contributed by atoms with van der Waals surface area (Å²) in [5.74, 6) is -0.883. The van der Waals surface area contributed by atoms with Crippen molar-refractivity contribution in [3.63, 3.8) is 0 Å². The van der Waals surface area contributed by atoms with E-state index in [2.05, 4.69) is 106 Å². The van der Waals surface area contributed by atoms with Gasteiger partial charge in [0.2, 0.25) is 0 Å². The van der Waals surface area contributed by atoms with E-state index in [1.165, 1.54) is 154 Å². The molecule has 0 bridgehead atoms. The van der Waals surface area contributed by atoms with E-state index < -0.39 is 6.10 Å². The van der Waals surface area contributed by atoms with Crippen molar-refractivity contribution < 1.29 is 28.6 Å². The highest BCUT2D eigenvalue weighted by atomic mass is 16.6. The summed E-state index contributed by atoms with van der Waals surface area (Å²) in [6, 6.07) is 0. The number of ether oxygens (including phenoxy) is 3. The molecular weight excluding hydrogens is 901 g/mol. The van der Waals surface area contributed by atoms with Crippen LogP contribution in [0.2, 0.25) is 0 Å². The first-order chi connectivity index (χ1) is 36.0. The number of carbonyl (C=O) groups excluding carboxylic acids is 3. The fourth-order valence-corrected chi connectivity index (χ4v) is 8.74. The molecular formula is C67H116O6. The van der Waals surface area contributed by atoms with Gasteiger partial charge in [-0.2, -0.15) is 0 Å². The lowest BCUT2D eigenvalue weighted by molar-refractivity contribution is -0.167. The predicted octanol–water partition coefficient (Wildman–Crippen LogP) is 21.1. The highest BCUT2D eigenvalue weighted by molar-refractivity contribution is 5.71. The van der Waals surface area contributed by atoms with Gasteiger partial charge in [-0.3, -0.25) is 14.4 Å². The first kappa shape index (κ1) is 69.6. The SMILES string of the molecule is CC/C=C\C/C=C\C/C=C\C/C=C\C/C=C\C/C=C\CCCCCCCCCCCCC(=O)OCC(COC(=O)CCCCCCCCCCCC)OC(=O)CCCCCCC/C=C\CCCCCCCCC. The minimum Gasteiger partial charge on any atom is -0.462 e. The summed E-state index contributed by atoms with van der Waals surface area (Å²) in [5, 5.41) is 0. The van der Waals surface area contributed by atoms with Crippen LogP contribution in [-0.4, -0.2) is 37.2 Å². The Morgan fingerprint density at radius 2 is 0.534 bits per heavy atom. The Balaban J connectivity index is 4.22. The molecule has 0 spiro atoms. The van der Waals surface area contributed by atoms with Crippen LogP contribution in [0.25, 0.3) is 0 Å². The van der Waals surface area contributed by atoms with Crippen molar-refractivity contribution in [2.45, 2.75) is 309 Å². The van der Waals surface area contributed by atoms with Crippen molar-refractivity contribution in [3.8, 4) is 0 Å². The molecule has 0 rings (SSSR count). The van der Waals surface area contributed by atoms with Crippen LogP contribution in [-0.2, 0) is 28.6 Å². The van der Waals surface area contributed by atoms with Crippen LogP contribution in [0.4, 0.5) is 0 Å². The predicted molar refractivity (Wildman–Crippen MR) is 316 cm³/mol. The van der Waals surface area contributed by atoms with Gasteiger partial charge in [0.25, 0.3) is 0 Å². The quantitative estimate of drug-likeness (QED) is 0.0261. The summed E-state index contributed by atoms with van der Waals surface area (Å²) in [6.07, 6.45) is 80.2. The second kappa shape index (κ2) is 61.1. The number of hydrogen-bond acceptors (Lipinski definition) is 6. The van der Waals surface area contributed by atoms with E-state index >= 15 is 0 Å². The van der Waals surface area contributed by atoms with E-state index in [1.54, 1.807) is 0 Å². The molecule has 0 aliphatic carbocycles. The molecule has 420 valence electrons. The third-order valence-corrected chi connectivity index (χ3v) is 13.4. The van der Waals surface area contributed by atoms with Gasteiger partial charge in [-0.25, -0.2) is 0 Å². The van der Waals surface area contributed by atoms with E-state index in [4.69, 9.17) is 14.2 Å². The number of rotatable bonds is 56. The second-order valence-corrected chi connectivity index (χ2v) is 20.6. The lowest BCUT2D eigenvalue weighted by Gasteiger charge is -2.18. The van der Waals surface area contributed by atoms with Gasteiger partial charge in [0, 0.05) is 19.3 Å². The van der Waals surface area contributed by atoms with E-state index in [1.807, 2.05) is 0 Å². The molecule has 73 heavy (non-hydrogen) atoms. The first-order valence-electron chi connectivity index (χ1n) is 31.1. The second-order valence-electron chi connectivity index (χ2n) is 20.6. The standard InChI is InChI=1S/C67H116O6/c1-4-7-10-13-16-19-22-24-26-28-29-30-31-32-33-34-35-36-37-38-39-40-42-43-45-48-51-54-57-60-66(69)72-63-64(62-71-65(68)59-56-53-50-47-21-18-15-12-9-6-3)73-67(70)61-58-55-52-49-46-44-41-27-25-23-20-17-14-11-8-5-2/h7,10,16,19,24,26-27,29-30,32-33,35-36,41,64H,4-6,8-9,11-15,17-18,20-23,25,28,31,34,37-40,42-63H2,1-3H3/b10-7-,19-16-,26-24-,30-29-,33-32-,36-35-,41-27-. The Morgan fingerprint density at radius 1 is 0.288 bits per heavy atom. The maximum atomic E-state index is 12.9. The Morgan fingerprint density at radius 3 is 0.849 bits per heavy atom. The fourth-order valence-electron chi connectivity index (χ4n) is 8.74. The number of hydrogen-bond donors (Lipinski definition) is 0.